The summed E-state index contributed by atoms with van der Waals surface area (Å²) in [5.41, 5.74) is 0.439. The van der Waals surface area contributed by atoms with Crippen LogP contribution in [0.25, 0.3) is 11.2 Å². The Kier molecular flexibility index (Phi) is 2.67. The fourth-order valence-corrected chi connectivity index (χ4v) is 2.27. The van der Waals surface area contributed by atoms with E-state index in [1.165, 1.54) is 6.33 Å². The van der Waals surface area contributed by atoms with Gasteiger partial charge in [-0.15, -0.1) is 5.10 Å². The summed E-state index contributed by atoms with van der Waals surface area (Å²) in [4.78, 5) is 18.1. The highest BCUT2D eigenvalue weighted by Gasteiger charge is 2.22. The molecule has 0 aromatic carbocycles. The van der Waals surface area contributed by atoms with Crippen molar-refractivity contribution >= 4 is 11.2 Å². The summed E-state index contributed by atoms with van der Waals surface area (Å²) in [7, 11) is 0. The van der Waals surface area contributed by atoms with Crippen LogP contribution in [-0.4, -0.2) is 36.7 Å². The standard InChI is InChI=1S/C11H13N5O2/c17-5-7-2-1-3-8(4-7)16-10-9(14-15-16)11(18)13-6-12-10/h1,3,6-8,17H,2,4-5H2,(H,12,13,18)/t7-,8-/m1/s1. The summed E-state index contributed by atoms with van der Waals surface area (Å²) in [6.07, 6.45) is 7.03. The van der Waals surface area contributed by atoms with E-state index in [1.807, 2.05) is 12.2 Å². The van der Waals surface area contributed by atoms with Gasteiger partial charge in [0.25, 0.3) is 5.56 Å². The zero-order chi connectivity index (χ0) is 12.5. The first-order valence-electron chi connectivity index (χ1n) is 5.85. The summed E-state index contributed by atoms with van der Waals surface area (Å²) in [5.74, 6) is 0.223. The van der Waals surface area contributed by atoms with E-state index < -0.39 is 0 Å². The van der Waals surface area contributed by atoms with Gasteiger partial charge >= 0.3 is 0 Å². The molecular weight excluding hydrogens is 234 g/mol. The average molecular weight is 247 g/mol. The molecule has 2 aromatic rings. The molecule has 0 spiro atoms. The Morgan fingerprint density at radius 2 is 2.44 bits per heavy atom. The largest absolute Gasteiger partial charge is 0.396 e. The monoisotopic (exact) mass is 247 g/mol. The Hall–Kier alpha value is -2.02. The molecule has 1 aliphatic carbocycles. The third-order valence-electron chi connectivity index (χ3n) is 3.24. The van der Waals surface area contributed by atoms with Gasteiger partial charge < -0.3 is 10.1 Å². The van der Waals surface area contributed by atoms with Crippen molar-refractivity contribution in [1.29, 1.82) is 0 Å². The summed E-state index contributed by atoms with van der Waals surface area (Å²) >= 11 is 0. The van der Waals surface area contributed by atoms with Gasteiger partial charge in [0, 0.05) is 6.61 Å². The third kappa shape index (κ3) is 1.72. The highest BCUT2D eigenvalue weighted by atomic mass is 16.3. The van der Waals surface area contributed by atoms with Crippen LogP contribution < -0.4 is 5.56 Å². The van der Waals surface area contributed by atoms with Crippen molar-refractivity contribution < 1.29 is 5.11 Å². The van der Waals surface area contributed by atoms with Gasteiger partial charge in [0.1, 0.15) is 0 Å². The number of aromatic amines is 1. The summed E-state index contributed by atoms with van der Waals surface area (Å²) < 4.78 is 1.64. The zero-order valence-electron chi connectivity index (χ0n) is 9.65. The number of nitrogens with zero attached hydrogens (tertiary/aromatic N) is 4. The maximum Gasteiger partial charge on any atom is 0.280 e. The Morgan fingerprint density at radius 3 is 3.28 bits per heavy atom. The Morgan fingerprint density at radius 1 is 1.56 bits per heavy atom. The van der Waals surface area contributed by atoms with Crippen LogP contribution in [0.3, 0.4) is 0 Å². The van der Waals surface area contributed by atoms with Crippen LogP contribution >= 0.6 is 0 Å². The minimum Gasteiger partial charge on any atom is -0.396 e. The average Bonchev–Trinajstić information content (AvgIpc) is 2.84. The maximum absolute atomic E-state index is 11.5. The van der Waals surface area contributed by atoms with E-state index in [0.717, 1.165) is 12.8 Å². The molecule has 0 radical (unpaired) electrons. The van der Waals surface area contributed by atoms with E-state index in [4.69, 9.17) is 0 Å². The van der Waals surface area contributed by atoms with Crippen molar-refractivity contribution in [2.75, 3.05) is 6.61 Å². The topological polar surface area (TPSA) is 96.7 Å². The number of aliphatic hydroxyl groups excluding tert-OH is 1. The second kappa shape index (κ2) is 4.34. The van der Waals surface area contributed by atoms with E-state index in [0.29, 0.717) is 5.65 Å². The molecule has 1 aliphatic rings. The van der Waals surface area contributed by atoms with Crippen molar-refractivity contribution in [2.45, 2.75) is 18.9 Å². The first-order chi connectivity index (χ1) is 8.79. The number of nitrogens with one attached hydrogen (secondary N) is 1. The van der Waals surface area contributed by atoms with Crippen molar-refractivity contribution in [3.05, 3.63) is 28.8 Å². The molecule has 18 heavy (non-hydrogen) atoms. The van der Waals surface area contributed by atoms with Crippen molar-refractivity contribution in [2.24, 2.45) is 5.92 Å². The quantitative estimate of drug-likeness (QED) is 0.729. The van der Waals surface area contributed by atoms with E-state index in [9.17, 15) is 9.90 Å². The summed E-state index contributed by atoms with van der Waals surface area (Å²) in [6, 6.07) is -0.00444. The smallest absolute Gasteiger partial charge is 0.280 e. The Balaban J connectivity index is 2.05. The number of hydrogen-bond donors (Lipinski definition) is 2. The fraction of sp³-hybridized carbons (Fsp3) is 0.455. The van der Waals surface area contributed by atoms with Crippen molar-refractivity contribution in [3.63, 3.8) is 0 Å². The SMILES string of the molecule is O=c1[nH]cnc2c1nnn2[C@@H]1C=CC[C@@H](CO)C1. The van der Waals surface area contributed by atoms with Gasteiger partial charge in [0.2, 0.25) is 0 Å². The molecule has 0 saturated carbocycles. The van der Waals surface area contributed by atoms with E-state index in [2.05, 4.69) is 20.3 Å². The summed E-state index contributed by atoms with van der Waals surface area (Å²) in [6.45, 7) is 0.154. The van der Waals surface area contributed by atoms with Gasteiger partial charge in [-0.2, -0.15) is 0 Å². The highest BCUT2D eigenvalue weighted by Crippen LogP contribution is 2.27. The first-order valence-corrected chi connectivity index (χ1v) is 5.85. The highest BCUT2D eigenvalue weighted by molar-refractivity contribution is 5.67. The lowest BCUT2D eigenvalue weighted by molar-refractivity contribution is 0.202. The lowest BCUT2D eigenvalue weighted by Crippen LogP contribution is -2.19. The number of hydrogen-bond acceptors (Lipinski definition) is 5. The third-order valence-corrected chi connectivity index (χ3v) is 3.24. The molecule has 2 N–H and O–H groups in total. The van der Waals surface area contributed by atoms with Crippen LogP contribution in [-0.2, 0) is 0 Å². The van der Waals surface area contributed by atoms with Crippen LogP contribution in [0.2, 0.25) is 0 Å². The number of H-pyrrole nitrogens is 1. The van der Waals surface area contributed by atoms with E-state index in [-0.39, 0.29) is 29.6 Å². The molecule has 0 fully saturated rings. The molecule has 0 bridgehead atoms. The number of aromatic nitrogens is 5. The van der Waals surface area contributed by atoms with Gasteiger partial charge in [-0.1, -0.05) is 17.4 Å². The van der Waals surface area contributed by atoms with Gasteiger partial charge in [-0.05, 0) is 18.8 Å². The molecule has 2 heterocycles. The Labute approximate surface area is 102 Å². The van der Waals surface area contributed by atoms with Gasteiger partial charge in [0.05, 0.1) is 12.4 Å². The molecule has 7 nitrogen and oxygen atoms in total. The predicted octanol–water partition coefficient (Wildman–Crippen LogP) is 0.0142. The van der Waals surface area contributed by atoms with Crippen LogP contribution in [0.4, 0.5) is 0 Å². The van der Waals surface area contributed by atoms with Gasteiger partial charge in [0.15, 0.2) is 11.2 Å². The molecular formula is C11H13N5O2. The lowest BCUT2D eigenvalue weighted by Gasteiger charge is -2.22. The minimum atomic E-state index is -0.287. The predicted molar refractivity (Wildman–Crippen MR) is 63.9 cm³/mol. The molecule has 0 aliphatic heterocycles. The number of rotatable bonds is 2. The van der Waals surface area contributed by atoms with Crippen LogP contribution in [0, 0.1) is 5.92 Å². The second-order valence-electron chi connectivity index (χ2n) is 4.45. The molecule has 2 atom stereocenters. The lowest BCUT2D eigenvalue weighted by atomic mass is 9.92. The molecule has 0 amide bonds. The molecule has 0 saturated heterocycles. The van der Waals surface area contributed by atoms with Gasteiger partial charge in [-0.3, -0.25) is 4.79 Å². The Bertz CT molecular complexity index is 644. The van der Waals surface area contributed by atoms with Crippen LogP contribution in [0.1, 0.15) is 18.9 Å². The zero-order valence-corrected chi connectivity index (χ0v) is 9.65. The maximum atomic E-state index is 11.5. The van der Waals surface area contributed by atoms with E-state index >= 15 is 0 Å². The molecule has 7 heteroatoms. The van der Waals surface area contributed by atoms with Crippen molar-refractivity contribution in [1.82, 2.24) is 25.0 Å². The fourth-order valence-electron chi connectivity index (χ4n) is 2.27. The normalized spacial score (nSPS) is 23.6. The number of fused-ring (bicyclic) bond motifs is 1. The molecule has 3 rings (SSSR count). The molecule has 2 aromatic heterocycles. The first kappa shape index (κ1) is 11.1. The minimum absolute atomic E-state index is 0.00444. The van der Waals surface area contributed by atoms with Gasteiger partial charge in [-0.25, -0.2) is 9.67 Å². The molecule has 94 valence electrons. The van der Waals surface area contributed by atoms with E-state index in [1.54, 1.807) is 4.68 Å². The summed E-state index contributed by atoms with van der Waals surface area (Å²) in [5, 5.41) is 17.1. The van der Waals surface area contributed by atoms with Crippen LogP contribution in [0.5, 0.6) is 0 Å². The number of allylic oxidation sites excluding steroid dienone is 2. The second-order valence-corrected chi connectivity index (χ2v) is 4.45. The number of aliphatic hydroxyl groups is 1. The molecule has 0 unspecified atom stereocenters. The van der Waals surface area contributed by atoms with Crippen LogP contribution in [0.15, 0.2) is 23.3 Å². The van der Waals surface area contributed by atoms with Crippen molar-refractivity contribution in [3.8, 4) is 0 Å².